The van der Waals surface area contributed by atoms with Crippen LogP contribution in [-0.2, 0) is 11.0 Å². The first-order valence-electron chi connectivity index (χ1n) is 12.6. The molecule has 0 aliphatic heterocycles. The molecule has 3 aromatic rings. The number of nitrogens with zero attached hydrogens (tertiary/aromatic N) is 3. The molecule has 1 aliphatic rings. The summed E-state index contributed by atoms with van der Waals surface area (Å²) in [5.41, 5.74) is -0.900. The standard InChI is InChI=1S/C28H30F3N3O4/c1-17(2)34(26(35)19-11-9-18(3)10-12-19)23-14-13-21(15-22(23)27(36)37)38-24-16-33(20-7-5-4-6-8-20)32-25(24)28(29,30)31/h4-8,13-19H,9-12H2,1-3H3,(H,36,37)/t18-,19-. The van der Waals surface area contributed by atoms with Crippen LogP contribution in [0.25, 0.3) is 5.69 Å². The Labute approximate surface area is 218 Å². The second-order valence-corrected chi connectivity index (χ2v) is 9.96. The van der Waals surface area contributed by atoms with Gasteiger partial charge in [-0.1, -0.05) is 25.1 Å². The first-order chi connectivity index (χ1) is 18.0. The number of halogens is 3. The molecule has 7 nitrogen and oxygen atoms in total. The van der Waals surface area contributed by atoms with Gasteiger partial charge in [-0.15, -0.1) is 0 Å². The number of ether oxygens (including phenoxy) is 1. The van der Waals surface area contributed by atoms with Crippen molar-refractivity contribution in [2.75, 3.05) is 4.90 Å². The van der Waals surface area contributed by atoms with Crippen LogP contribution in [-0.4, -0.2) is 32.8 Å². The van der Waals surface area contributed by atoms with E-state index in [1.807, 2.05) is 0 Å². The summed E-state index contributed by atoms with van der Waals surface area (Å²) in [4.78, 5) is 27.2. The van der Waals surface area contributed by atoms with Gasteiger partial charge in [-0.2, -0.15) is 18.3 Å². The van der Waals surface area contributed by atoms with Gasteiger partial charge in [0.25, 0.3) is 0 Å². The lowest BCUT2D eigenvalue weighted by molar-refractivity contribution is -0.142. The number of carboxylic acid groups (broad SMARTS) is 1. The third-order valence-corrected chi connectivity index (χ3v) is 6.77. The molecule has 38 heavy (non-hydrogen) atoms. The van der Waals surface area contributed by atoms with Crippen molar-refractivity contribution in [3.05, 3.63) is 66.0 Å². The summed E-state index contributed by atoms with van der Waals surface area (Å²) in [6, 6.07) is 11.8. The Morgan fingerprint density at radius 3 is 2.32 bits per heavy atom. The van der Waals surface area contributed by atoms with Crippen LogP contribution in [0, 0.1) is 11.8 Å². The molecule has 4 rings (SSSR count). The van der Waals surface area contributed by atoms with E-state index in [1.54, 1.807) is 44.2 Å². The minimum absolute atomic E-state index is 0.119. The molecule has 0 spiro atoms. The molecular weight excluding hydrogens is 499 g/mol. The Morgan fingerprint density at radius 1 is 1.08 bits per heavy atom. The summed E-state index contributed by atoms with van der Waals surface area (Å²) in [7, 11) is 0. The molecular formula is C28H30F3N3O4. The molecule has 0 radical (unpaired) electrons. The molecule has 1 fully saturated rings. The van der Waals surface area contributed by atoms with Gasteiger partial charge in [-0.3, -0.25) is 4.79 Å². The number of aromatic nitrogens is 2. The Hall–Kier alpha value is -3.82. The van der Waals surface area contributed by atoms with E-state index in [0.717, 1.165) is 42.6 Å². The molecule has 0 bridgehead atoms. The average molecular weight is 530 g/mol. The highest BCUT2D eigenvalue weighted by Gasteiger charge is 2.39. The van der Waals surface area contributed by atoms with Crippen LogP contribution in [0.3, 0.4) is 0 Å². The van der Waals surface area contributed by atoms with Crippen molar-refractivity contribution in [3.63, 3.8) is 0 Å². The summed E-state index contributed by atoms with van der Waals surface area (Å²) >= 11 is 0. The zero-order valence-corrected chi connectivity index (χ0v) is 21.4. The van der Waals surface area contributed by atoms with E-state index < -0.39 is 23.6 Å². The third kappa shape index (κ3) is 5.84. The Bertz CT molecular complexity index is 1300. The Balaban J connectivity index is 1.68. The van der Waals surface area contributed by atoms with Gasteiger partial charge >= 0.3 is 12.1 Å². The maximum atomic E-state index is 13.7. The van der Waals surface area contributed by atoms with E-state index in [4.69, 9.17) is 4.74 Å². The van der Waals surface area contributed by atoms with Crippen molar-refractivity contribution in [3.8, 4) is 17.2 Å². The molecule has 0 atom stereocenters. The minimum atomic E-state index is -4.80. The van der Waals surface area contributed by atoms with Gasteiger partial charge in [0, 0.05) is 12.0 Å². The van der Waals surface area contributed by atoms with Gasteiger partial charge in [-0.25, -0.2) is 9.48 Å². The highest BCUT2D eigenvalue weighted by Crippen LogP contribution is 2.39. The second-order valence-electron chi connectivity index (χ2n) is 9.96. The van der Waals surface area contributed by atoms with E-state index >= 15 is 0 Å². The smallest absolute Gasteiger partial charge is 0.438 e. The average Bonchev–Trinajstić information content (AvgIpc) is 3.30. The van der Waals surface area contributed by atoms with E-state index in [9.17, 15) is 27.9 Å². The lowest BCUT2D eigenvalue weighted by Crippen LogP contribution is -2.42. The molecule has 1 aromatic heterocycles. The summed E-state index contributed by atoms with van der Waals surface area (Å²) in [6.07, 6.45) is -0.376. The van der Waals surface area contributed by atoms with Crippen LogP contribution < -0.4 is 9.64 Å². The molecule has 10 heteroatoms. The van der Waals surface area contributed by atoms with Crippen molar-refractivity contribution in [1.29, 1.82) is 0 Å². The first kappa shape index (κ1) is 27.2. The van der Waals surface area contributed by atoms with Crippen LogP contribution in [0.15, 0.2) is 54.7 Å². The quantitative estimate of drug-likeness (QED) is 0.358. The van der Waals surface area contributed by atoms with E-state index in [2.05, 4.69) is 12.0 Å². The Morgan fingerprint density at radius 2 is 1.74 bits per heavy atom. The maximum absolute atomic E-state index is 13.7. The lowest BCUT2D eigenvalue weighted by atomic mass is 9.82. The first-order valence-corrected chi connectivity index (χ1v) is 12.6. The fraction of sp³-hybridized carbons (Fsp3) is 0.393. The van der Waals surface area contributed by atoms with E-state index in [-0.39, 0.29) is 34.9 Å². The van der Waals surface area contributed by atoms with Crippen molar-refractivity contribution >= 4 is 17.6 Å². The lowest BCUT2D eigenvalue weighted by Gasteiger charge is -2.34. The number of alkyl halides is 3. The minimum Gasteiger partial charge on any atom is -0.478 e. The number of benzene rings is 2. The molecule has 1 heterocycles. The molecule has 1 amide bonds. The fourth-order valence-electron chi connectivity index (χ4n) is 4.78. The van der Waals surface area contributed by atoms with Gasteiger partial charge < -0.3 is 14.7 Å². The highest BCUT2D eigenvalue weighted by atomic mass is 19.4. The zero-order chi connectivity index (χ0) is 27.6. The SMILES string of the molecule is CC(C)N(c1ccc(Oc2cn(-c3ccccc3)nc2C(F)(F)F)cc1C(=O)O)C(=O)[C@H]1CC[C@H](C)CC1. The number of carbonyl (C=O) groups excluding carboxylic acids is 1. The van der Waals surface area contributed by atoms with Crippen molar-refractivity contribution in [2.24, 2.45) is 11.8 Å². The molecule has 1 N–H and O–H groups in total. The predicted octanol–water partition coefficient (Wildman–Crippen LogP) is 6.95. The number of anilines is 1. The normalized spacial score (nSPS) is 17.9. The summed E-state index contributed by atoms with van der Waals surface area (Å²) < 4.78 is 47.8. The fourth-order valence-corrected chi connectivity index (χ4v) is 4.78. The van der Waals surface area contributed by atoms with Crippen LogP contribution >= 0.6 is 0 Å². The second kappa shape index (κ2) is 10.9. The van der Waals surface area contributed by atoms with Crippen LogP contribution in [0.2, 0.25) is 0 Å². The third-order valence-electron chi connectivity index (χ3n) is 6.77. The zero-order valence-electron chi connectivity index (χ0n) is 21.4. The molecule has 1 aliphatic carbocycles. The van der Waals surface area contributed by atoms with E-state index in [1.165, 1.54) is 17.0 Å². The highest BCUT2D eigenvalue weighted by molar-refractivity contribution is 6.03. The summed E-state index contributed by atoms with van der Waals surface area (Å²) in [5, 5.41) is 13.6. The molecule has 2 aromatic carbocycles. The number of amides is 1. The van der Waals surface area contributed by atoms with E-state index in [0.29, 0.717) is 11.6 Å². The van der Waals surface area contributed by atoms with Crippen LogP contribution in [0.4, 0.5) is 18.9 Å². The molecule has 1 saturated carbocycles. The topological polar surface area (TPSA) is 84.7 Å². The van der Waals surface area contributed by atoms with Crippen molar-refractivity contribution < 1.29 is 32.6 Å². The van der Waals surface area contributed by atoms with Gasteiger partial charge in [0.1, 0.15) is 5.75 Å². The maximum Gasteiger partial charge on any atom is 0.438 e. The molecule has 0 unspecified atom stereocenters. The summed E-state index contributed by atoms with van der Waals surface area (Å²) in [6.45, 7) is 5.75. The van der Waals surface area contributed by atoms with Gasteiger partial charge in [0.15, 0.2) is 5.75 Å². The number of aromatic carboxylic acids is 1. The van der Waals surface area contributed by atoms with Gasteiger partial charge in [-0.05, 0) is 75.8 Å². The van der Waals surface area contributed by atoms with Gasteiger partial charge in [0.2, 0.25) is 11.6 Å². The monoisotopic (exact) mass is 529 g/mol. The number of carbonyl (C=O) groups is 2. The number of hydrogen-bond acceptors (Lipinski definition) is 4. The van der Waals surface area contributed by atoms with Crippen molar-refractivity contribution in [2.45, 2.75) is 58.7 Å². The number of rotatable bonds is 7. The van der Waals surface area contributed by atoms with Gasteiger partial charge in [0.05, 0.1) is 23.1 Å². The van der Waals surface area contributed by atoms with Crippen LogP contribution in [0.1, 0.15) is 62.5 Å². The van der Waals surface area contributed by atoms with Crippen LogP contribution in [0.5, 0.6) is 11.5 Å². The number of hydrogen-bond donors (Lipinski definition) is 1. The molecule has 202 valence electrons. The summed E-state index contributed by atoms with van der Waals surface area (Å²) in [5.74, 6) is -1.82. The Kier molecular flexibility index (Phi) is 7.80. The number of para-hydroxylation sites is 1. The van der Waals surface area contributed by atoms with Crippen molar-refractivity contribution in [1.82, 2.24) is 9.78 Å². The largest absolute Gasteiger partial charge is 0.478 e. The molecule has 0 saturated heterocycles. The number of carboxylic acids is 1. The predicted molar refractivity (Wildman–Crippen MR) is 136 cm³/mol.